The largest absolute Gasteiger partial charge is 0.478 e. The van der Waals surface area contributed by atoms with Crippen molar-refractivity contribution in [1.29, 1.82) is 0 Å². The van der Waals surface area contributed by atoms with Crippen molar-refractivity contribution in [1.82, 2.24) is 4.90 Å². The molecule has 1 amide bonds. The van der Waals surface area contributed by atoms with Gasteiger partial charge in [0, 0.05) is 19.7 Å². The van der Waals surface area contributed by atoms with Crippen LogP contribution in [-0.4, -0.2) is 47.7 Å². The fourth-order valence-electron chi connectivity index (χ4n) is 2.81. The molecule has 6 heteroatoms. The molecule has 1 saturated heterocycles. The highest BCUT2D eigenvalue weighted by atomic mass is 19.1. The van der Waals surface area contributed by atoms with Crippen LogP contribution in [0.4, 0.5) is 4.39 Å². The molecule has 5 nitrogen and oxygen atoms in total. The van der Waals surface area contributed by atoms with Gasteiger partial charge in [0.1, 0.15) is 5.82 Å². The molecule has 1 aromatic rings. The summed E-state index contributed by atoms with van der Waals surface area (Å²) >= 11 is 0. The van der Waals surface area contributed by atoms with E-state index in [1.807, 2.05) is 0 Å². The summed E-state index contributed by atoms with van der Waals surface area (Å²) in [6, 6.07) is 3.39. The summed E-state index contributed by atoms with van der Waals surface area (Å²) in [7, 11) is 0. The monoisotopic (exact) mass is 321 g/mol. The van der Waals surface area contributed by atoms with Crippen LogP contribution in [0.5, 0.6) is 0 Å². The lowest BCUT2D eigenvalue weighted by Gasteiger charge is -2.33. The molecule has 1 aromatic carbocycles. The molecule has 1 atom stereocenters. The van der Waals surface area contributed by atoms with Crippen molar-refractivity contribution in [3.8, 4) is 0 Å². The van der Waals surface area contributed by atoms with Gasteiger partial charge in [-0.1, -0.05) is 0 Å². The quantitative estimate of drug-likeness (QED) is 0.905. The van der Waals surface area contributed by atoms with Crippen molar-refractivity contribution in [2.75, 3.05) is 19.7 Å². The van der Waals surface area contributed by atoms with Gasteiger partial charge in [-0.3, -0.25) is 4.79 Å². The van der Waals surface area contributed by atoms with Crippen LogP contribution in [0.2, 0.25) is 0 Å². The van der Waals surface area contributed by atoms with Gasteiger partial charge in [-0.05, 0) is 49.8 Å². The first kappa shape index (κ1) is 15.9. The molecule has 124 valence electrons. The number of carbonyl (C=O) groups excluding carboxylic acids is 1. The van der Waals surface area contributed by atoms with E-state index in [0.29, 0.717) is 19.0 Å². The highest BCUT2D eigenvalue weighted by Crippen LogP contribution is 2.30. The molecule has 1 N–H and O–H groups in total. The highest BCUT2D eigenvalue weighted by molar-refractivity contribution is 5.96. The molecule has 23 heavy (non-hydrogen) atoms. The van der Waals surface area contributed by atoms with E-state index in [-0.39, 0.29) is 17.2 Å². The smallest absolute Gasteiger partial charge is 0.335 e. The molecule has 1 aliphatic heterocycles. The van der Waals surface area contributed by atoms with Gasteiger partial charge in [-0.25, -0.2) is 9.18 Å². The van der Waals surface area contributed by atoms with E-state index in [2.05, 4.69) is 0 Å². The first-order valence-electron chi connectivity index (χ1n) is 7.98. The van der Waals surface area contributed by atoms with Gasteiger partial charge < -0.3 is 14.7 Å². The molecule has 0 aromatic heterocycles. The van der Waals surface area contributed by atoms with Gasteiger partial charge in [0.15, 0.2) is 0 Å². The number of amides is 1. The topological polar surface area (TPSA) is 66.8 Å². The van der Waals surface area contributed by atoms with Crippen LogP contribution in [-0.2, 0) is 4.74 Å². The maximum atomic E-state index is 14.0. The summed E-state index contributed by atoms with van der Waals surface area (Å²) in [5, 5.41) is 8.85. The number of carboxylic acid groups (broad SMARTS) is 1. The number of ether oxygens (including phenoxy) is 1. The molecular weight excluding hydrogens is 301 g/mol. The predicted molar refractivity (Wildman–Crippen MR) is 81.0 cm³/mol. The lowest BCUT2D eigenvalue weighted by Crippen LogP contribution is -2.43. The molecule has 1 unspecified atom stereocenters. The normalized spacial score (nSPS) is 21.3. The van der Waals surface area contributed by atoms with Crippen LogP contribution in [0.25, 0.3) is 0 Å². The lowest BCUT2D eigenvalue weighted by molar-refractivity contribution is -0.00255. The first-order chi connectivity index (χ1) is 11.0. The maximum absolute atomic E-state index is 14.0. The van der Waals surface area contributed by atoms with Gasteiger partial charge in [0.2, 0.25) is 0 Å². The van der Waals surface area contributed by atoms with Crippen LogP contribution in [0, 0.1) is 11.7 Å². The molecule has 0 radical (unpaired) electrons. The summed E-state index contributed by atoms with van der Waals surface area (Å²) in [4.78, 5) is 24.9. The second-order valence-electron chi connectivity index (χ2n) is 6.29. The molecular formula is C17H20FNO4. The summed E-state index contributed by atoms with van der Waals surface area (Å²) < 4.78 is 19.9. The van der Waals surface area contributed by atoms with Gasteiger partial charge in [-0.2, -0.15) is 0 Å². The zero-order valence-electron chi connectivity index (χ0n) is 12.8. The Kier molecular flexibility index (Phi) is 4.61. The molecule has 1 heterocycles. The molecule has 1 saturated carbocycles. The van der Waals surface area contributed by atoms with Crippen molar-refractivity contribution in [2.45, 2.75) is 31.8 Å². The Morgan fingerprint density at radius 2 is 2.09 bits per heavy atom. The number of nitrogens with zero attached hydrogens (tertiary/aromatic N) is 1. The van der Waals surface area contributed by atoms with Crippen LogP contribution in [0.1, 0.15) is 46.4 Å². The van der Waals surface area contributed by atoms with Crippen molar-refractivity contribution in [3.63, 3.8) is 0 Å². The lowest BCUT2D eigenvalue weighted by atomic mass is 10.1. The van der Waals surface area contributed by atoms with E-state index in [0.717, 1.165) is 25.5 Å². The molecule has 2 fully saturated rings. The van der Waals surface area contributed by atoms with Gasteiger partial charge in [0.05, 0.1) is 17.2 Å². The van der Waals surface area contributed by atoms with E-state index >= 15 is 0 Å². The van der Waals surface area contributed by atoms with Gasteiger partial charge in [-0.15, -0.1) is 0 Å². The summed E-state index contributed by atoms with van der Waals surface area (Å²) in [6.45, 7) is 1.78. The molecule has 3 rings (SSSR count). The Bertz CT molecular complexity index is 615. The number of rotatable bonds is 5. The van der Waals surface area contributed by atoms with E-state index in [1.165, 1.54) is 25.0 Å². The van der Waals surface area contributed by atoms with Gasteiger partial charge in [0.25, 0.3) is 5.91 Å². The van der Waals surface area contributed by atoms with E-state index < -0.39 is 17.7 Å². The second kappa shape index (κ2) is 6.66. The van der Waals surface area contributed by atoms with Gasteiger partial charge >= 0.3 is 5.97 Å². The van der Waals surface area contributed by atoms with E-state index in [1.54, 1.807) is 4.90 Å². The third-order valence-electron chi connectivity index (χ3n) is 4.38. The Morgan fingerprint density at radius 1 is 1.30 bits per heavy atom. The third kappa shape index (κ3) is 3.88. The maximum Gasteiger partial charge on any atom is 0.335 e. The minimum Gasteiger partial charge on any atom is -0.478 e. The average molecular weight is 321 g/mol. The van der Waals surface area contributed by atoms with E-state index in [9.17, 15) is 14.0 Å². The third-order valence-corrected chi connectivity index (χ3v) is 4.38. The Hall–Kier alpha value is -1.95. The summed E-state index contributed by atoms with van der Waals surface area (Å²) in [6.07, 6.45) is 4.19. The van der Waals surface area contributed by atoms with Crippen molar-refractivity contribution in [2.24, 2.45) is 5.92 Å². The molecule has 1 aliphatic carbocycles. The number of piperidine rings is 1. The van der Waals surface area contributed by atoms with Crippen molar-refractivity contribution >= 4 is 11.9 Å². The summed E-state index contributed by atoms with van der Waals surface area (Å²) in [5.41, 5.74) is -0.249. The number of hydrogen-bond acceptors (Lipinski definition) is 3. The SMILES string of the molecule is O=C(O)c1ccc(C(=O)N2CCCC(OCC3CC3)C2)c(F)c1. The van der Waals surface area contributed by atoms with Crippen LogP contribution >= 0.6 is 0 Å². The second-order valence-corrected chi connectivity index (χ2v) is 6.29. The Balaban J connectivity index is 1.65. The zero-order valence-corrected chi connectivity index (χ0v) is 12.8. The summed E-state index contributed by atoms with van der Waals surface area (Å²) in [5.74, 6) is -1.74. The first-order valence-corrected chi connectivity index (χ1v) is 7.98. The number of carboxylic acids is 1. The highest BCUT2D eigenvalue weighted by Gasteiger charge is 2.29. The van der Waals surface area contributed by atoms with Crippen molar-refractivity contribution in [3.05, 3.63) is 35.1 Å². The number of aromatic carboxylic acids is 1. The average Bonchev–Trinajstić information content (AvgIpc) is 3.37. The number of benzene rings is 1. The Labute approximate surface area is 134 Å². The van der Waals surface area contributed by atoms with Crippen LogP contribution in [0.3, 0.4) is 0 Å². The Morgan fingerprint density at radius 3 is 2.74 bits per heavy atom. The zero-order chi connectivity index (χ0) is 16.4. The van der Waals surface area contributed by atoms with Crippen molar-refractivity contribution < 1.29 is 23.8 Å². The molecule has 2 aliphatic rings. The number of hydrogen-bond donors (Lipinski definition) is 1. The van der Waals surface area contributed by atoms with Crippen LogP contribution in [0.15, 0.2) is 18.2 Å². The fraction of sp³-hybridized carbons (Fsp3) is 0.529. The van der Waals surface area contributed by atoms with E-state index in [4.69, 9.17) is 9.84 Å². The fourth-order valence-corrected chi connectivity index (χ4v) is 2.81. The minimum absolute atomic E-state index is 0.00894. The number of likely N-dealkylation sites (tertiary alicyclic amines) is 1. The van der Waals surface area contributed by atoms with Crippen LogP contribution < -0.4 is 0 Å². The minimum atomic E-state index is -1.21. The molecule has 0 bridgehead atoms. The molecule has 0 spiro atoms. The predicted octanol–water partition coefficient (Wildman–Crippen LogP) is 2.56. The number of halogens is 1. The number of carbonyl (C=O) groups is 2. The standard InChI is InChI=1S/C17H20FNO4/c18-15-8-12(17(21)22)5-6-14(15)16(20)19-7-1-2-13(9-19)23-10-11-3-4-11/h5-6,8,11,13H,1-4,7,9-10H2,(H,21,22).